The average Bonchev–Trinajstić information content (AvgIpc) is 3.16. The van der Waals surface area contributed by atoms with Crippen LogP contribution in [0.25, 0.3) is 0 Å². The third kappa shape index (κ3) is 4.13. The number of aryl methyl sites for hydroxylation is 1. The van der Waals surface area contributed by atoms with Crippen molar-refractivity contribution >= 4 is 17.5 Å². The monoisotopic (exact) mass is 373 g/mol. The Morgan fingerprint density at radius 3 is 2.54 bits per heavy atom. The van der Waals surface area contributed by atoms with Crippen LogP contribution in [0, 0.1) is 0 Å². The molecule has 2 aromatic carbocycles. The molecule has 0 aliphatic carbocycles. The molecule has 1 atom stereocenters. The molecule has 1 amide bonds. The summed E-state index contributed by atoms with van der Waals surface area (Å²) in [5, 5.41) is 0.716. The van der Waals surface area contributed by atoms with Gasteiger partial charge in [-0.05, 0) is 54.7 Å². The number of carbonyl (C=O) groups is 1. The number of methoxy groups -OCH3 is 2. The summed E-state index contributed by atoms with van der Waals surface area (Å²) in [5.74, 6) is 1.59. The molecule has 26 heavy (non-hydrogen) atoms. The first-order valence-electron chi connectivity index (χ1n) is 8.88. The first-order chi connectivity index (χ1) is 12.6. The Balaban J connectivity index is 1.69. The van der Waals surface area contributed by atoms with E-state index in [-0.39, 0.29) is 11.9 Å². The number of carbonyl (C=O) groups excluding carboxylic acids is 1. The molecule has 1 heterocycles. The van der Waals surface area contributed by atoms with Crippen molar-refractivity contribution in [3.63, 3.8) is 0 Å². The van der Waals surface area contributed by atoms with Gasteiger partial charge in [-0.1, -0.05) is 29.8 Å². The Bertz CT molecular complexity index is 760. The van der Waals surface area contributed by atoms with Gasteiger partial charge >= 0.3 is 0 Å². The lowest BCUT2D eigenvalue weighted by Crippen LogP contribution is -2.30. The van der Waals surface area contributed by atoms with Gasteiger partial charge in [0.2, 0.25) is 5.91 Å². The van der Waals surface area contributed by atoms with Crippen LogP contribution in [0.15, 0.2) is 42.5 Å². The van der Waals surface area contributed by atoms with Crippen LogP contribution < -0.4 is 9.47 Å². The van der Waals surface area contributed by atoms with E-state index in [2.05, 4.69) is 0 Å². The zero-order valence-electron chi connectivity index (χ0n) is 15.2. The molecule has 4 nitrogen and oxygen atoms in total. The van der Waals surface area contributed by atoms with Crippen LogP contribution >= 0.6 is 11.6 Å². The number of nitrogens with zero attached hydrogens (tertiary/aromatic N) is 1. The SMILES string of the molecule is COc1ccc([C@@H]2CCCN2C(=O)CCc2ccc(Cl)cc2)cc1OC. The minimum absolute atomic E-state index is 0.104. The van der Waals surface area contributed by atoms with Crippen molar-refractivity contribution in [3.05, 3.63) is 58.6 Å². The van der Waals surface area contributed by atoms with E-state index in [9.17, 15) is 4.79 Å². The van der Waals surface area contributed by atoms with E-state index < -0.39 is 0 Å². The van der Waals surface area contributed by atoms with E-state index in [1.54, 1.807) is 14.2 Å². The van der Waals surface area contributed by atoms with Gasteiger partial charge in [-0.25, -0.2) is 0 Å². The van der Waals surface area contributed by atoms with Crippen LogP contribution in [0.3, 0.4) is 0 Å². The smallest absolute Gasteiger partial charge is 0.223 e. The predicted molar refractivity (Wildman–Crippen MR) is 103 cm³/mol. The Morgan fingerprint density at radius 1 is 1.12 bits per heavy atom. The van der Waals surface area contributed by atoms with Crippen LogP contribution in [0.5, 0.6) is 11.5 Å². The topological polar surface area (TPSA) is 38.8 Å². The molecule has 0 unspecified atom stereocenters. The van der Waals surface area contributed by atoms with E-state index >= 15 is 0 Å². The fourth-order valence-corrected chi connectivity index (χ4v) is 3.64. The summed E-state index contributed by atoms with van der Waals surface area (Å²) in [6.45, 7) is 0.804. The molecular weight excluding hydrogens is 350 g/mol. The summed E-state index contributed by atoms with van der Waals surface area (Å²) in [7, 11) is 3.25. The van der Waals surface area contributed by atoms with Crippen LogP contribution in [0.1, 0.15) is 36.4 Å². The van der Waals surface area contributed by atoms with Gasteiger partial charge in [-0.3, -0.25) is 4.79 Å². The Morgan fingerprint density at radius 2 is 1.85 bits per heavy atom. The largest absolute Gasteiger partial charge is 0.493 e. The minimum atomic E-state index is 0.104. The summed E-state index contributed by atoms with van der Waals surface area (Å²) in [6.07, 6.45) is 3.23. The third-order valence-electron chi connectivity index (χ3n) is 4.91. The van der Waals surface area contributed by atoms with Gasteiger partial charge in [-0.15, -0.1) is 0 Å². The Hall–Kier alpha value is -2.20. The standard InChI is InChI=1S/C21H24ClNO3/c1-25-19-11-8-16(14-20(19)26-2)18-4-3-13-23(18)21(24)12-7-15-5-9-17(22)10-6-15/h5-6,8-11,14,18H,3-4,7,12-13H2,1-2H3/t18-/m0/s1. The molecule has 1 aliphatic heterocycles. The van der Waals surface area contributed by atoms with Gasteiger partial charge in [0.15, 0.2) is 11.5 Å². The van der Waals surface area contributed by atoms with Crippen LogP contribution in [-0.2, 0) is 11.2 Å². The molecular formula is C21H24ClNO3. The quantitative estimate of drug-likeness (QED) is 0.739. The highest BCUT2D eigenvalue weighted by atomic mass is 35.5. The summed E-state index contributed by atoms with van der Waals surface area (Å²) >= 11 is 5.92. The van der Waals surface area contributed by atoms with Gasteiger partial charge in [0.05, 0.1) is 20.3 Å². The van der Waals surface area contributed by atoms with Crippen molar-refractivity contribution in [2.75, 3.05) is 20.8 Å². The van der Waals surface area contributed by atoms with Gasteiger partial charge in [0.1, 0.15) is 0 Å². The van der Waals surface area contributed by atoms with Crippen LogP contribution in [0.4, 0.5) is 0 Å². The van der Waals surface area contributed by atoms with Gasteiger partial charge < -0.3 is 14.4 Å². The molecule has 0 spiro atoms. The fraction of sp³-hybridized carbons (Fsp3) is 0.381. The molecule has 1 fully saturated rings. The number of likely N-dealkylation sites (tertiary alicyclic amines) is 1. The minimum Gasteiger partial charge on any atom is -0.493 e. The van der Waals surface area contributed by atoms with Crippen LogP contribution in [-0.4, -0.2) is 31.6 Å². The number of rotatable bonds is 6. The molecule has 0 bridgehead atoms. The maximum atomic E-state index is 12.8. The zero-order valence-corrected chi connectivity index (χ0v) is 16.0. The van der Waals surface area contributed by atoms with Crippen molar-refractivity contribution < 1.29 is 14.3 Å². The van der Waals surface area contributed by atoms with Crippen molar-refractivity contribution in [2.24, 2.45) is 0 Å². The summed E-state index contributed by atoms with van der Waals surface area (Å²) in [6, 6.07) is 13.7. The highest BCUT2D eigenvalue weighted by Gasteiger charge is 2.30. The second kappa shape index (κ2) is 8.45. The summed E-state index contributed by atoms with van der Waals surface area (Å²) in [5.41, 5.74) is 2.23. The molecule has 0 N–H and O–H groups in total. The van der Waals surface area contributed by atoms with Gasteiger partial charge in [0, 0.05) is 18.0 Å². The summed E-state index contributed by atoms with van der Waals surface area (Å²) < 4.78 is 10.7. The van der Waals surface area contributed by atoms with E-state index in [1.165, 1.54) is 0 Å². The first-order valence-corrected chi connectivity index (χ1v) is 9.26. The van der Waals surface area contributed by atoms with Crippen molar-refractivity contribution in [1.82, 2.24) is 4.90 Å². The highest BCUT2D eigenvalue weighted by Crippen LogP contribution is 2.37. The molecule has 0 saturated carbocycles. The molecule has 1 saturated heterocycles. The molecule has 2 aromatic rings. The molecule has 0 radical (unpaired) electrons. The summed E-state index contributed by atoms with van der Waals surface area (Å²) in [4.78, 5) is 14.8. The maximum absolute atomic E-state index is 12.8. The Labute approximate surface area is 159 Å². The molecule has 1 aliphatic rings. The number of amides is 1. The molecule has 0 aromatic heterocycles. The first kappa shape index (κ1) is 18.6. The maximum Gasteiger partial charge on any atom is 0.223 e. The van der Waals surface area contributed by atoms with Crippen molar-refractivity contribution in [3.8, 4) is 11.5 Å². The lowest BCUT2D eigenvalue weighted by atomic mass is 10.0. The lowest BCUT2D eigenvalue weighted by molar-refractivity contribution is -0.132. The molecule has 5 heteroatoms. The average molecular weight is 374 g/mol. The number of halogens is 1. The normalized spacial score (nSPS) is 16.6. The molecule has 3 rings (SSSR count). The second-order valence-corrected chi connectivity index (χ2v) is 6.92. The lowest BCUT2D eigenvalue weighted by Gasteiger charge is -2.26. The zero-order chi connectivity index (χ0) is 18.5. The number of ether oxygens (including phenoxy) is 2. The van der Waals surface area contributed by atoms with Gasteiger partial charge in [-0.2, -0.15) is 0 Å². The third-order valence-corrected chi connectivity index (χ3v) is 5.16. The Kier molecular flexibility index (Phi) is 6.04. The van der Waals surface area contributed by atoms with E-state index in [4.69, 9.17) is 21.1 Å². The number of hydrogen-bond acceptors (Lipinski definition) is 3. The van der Waals surface area contributed by atoms with Gasteiger partial charge in [0.25, 0.3) is 0 Å². The molecule has 138 valence electrons. The second-order valence-electron chi connectivity index (χ2n) is 6.49. The van der Waals surface area contributed by atoms with Crippen LogP contribution in [0.2, 0.25) is 5.02 Å². The van der Waals surface area contributed by atoms with Crippen molar-refractivity contribution in [1.29, 1.82) is 0 Å². The van der Waals surface area contributed by atoms with Crippen molar-refractivity contribution in [2.45, 2.75) is 31.7 Å². The number of hydrogen-bond donors (Lipinski definition) is 0. The number of benzene rings is 2. The fourth-order valence-electron chi connectivity index (χ4n) is 3.52. The van der Waals surface area contributed by atoms with E-state index in [0.29, 0.717) is 22.9 Å². The predicted octanol–water partition coefficient (Wildman–Crippen LogP) is 4.65. The van der Waals surface area contributed by atoms with E-state index in [1.807, 2.05) is 47.4 Å². The van der Waals surface area contributed by atoms with E-state index in [0.717, 1.165) is 36.9 Å². The highest BCUT2D eigenvalue weighted by molar-refractivity contribution is 6.30.